The monoisotopic (exact) mass is 402 g/mol. The predicted molar refractivity (Wildman–Crippen MR) is 113 cm³/mol. The third-order valence-corrected chi connectivity index (χ3v) is 5.82. The fourth-order valence-corrected chi connectivity index (χ4v) is 4.08. The highest BCUT2D eigenvalue weighted by molar-refractivity contribution is 5.65. The van der Waals surface area contributed by atoms with E-state index in [1.807, 2.05) is 35.0 Å². The van der Waals surface area contributed by atoms with Gasteiger partial charge in [0, 0.05) is 50.3 Å². The Bertz CT molecular complexity index is 1140. The molecule has 0 saturated carbocycles. The molecule has 0 amide bonds. The summed E-state index contributed by atoms with van der Waals surface area (Å²) in [4.78, 5) is 8.82. The average molecular weight is 402 g/mol. The summed E-state index contributed by atoms with van der Waals surface area (Å²) >= 11 is 0. The Morgan fingerprint density at radius 2 is 1.77 bits per heavy atom. The molecule has 1 fully saturated rings. The largest absolute Gasteiger partial charge is 0.296 e. The molecule has 152 valence electrons. The van der Waals surface area contributed by atoms with E-state index in [0.29, 0.717) is 0 Å². The fraction of sp³-hybridized carbons (Fsp3) is 0.261. The summed E-state index contributed by atoms with van der Waals surface area (Å²) in [6.07, 6.45) is 5.60. The van der Waals surface area contributed by atoms with Gasteiger partial charge >= 0.3 is 0 Å². The molecule has 4 aromatic rings. The maximum atomic E-state index is 13.2. The van der Waals surface area contributed by atoms with Crippen LogP contribution in [0.2, 0.25) is 0 Å². The molecule has 6 nitrogen and oxygen atoms in total. The molecule has 1 atom stereocenters. The van der Waals surface area contributed by atoms with Crippen molar-refractivity contribution in [1.82, 2.24) is 29.6 Å². The molecule has 30 heavy (non-hydrogen) atoms. The minimum atomic E-state index is -0.198. The number of nitrogens with zero attached hydrogens (tertiary/aromatic N) is 6. The second kappa shape index (κ2) is 7.93. The zero-order valence-corrected chi connectivity index (χ0v) is 16.8. The van der Waals surface area contributed by atoms with E-state index in [1.165, 1.54) is 12.1 Å². The molecule has 3 aromatic heterocycles. The van der Waals surface area contributed by atoms with Crippen molar-refractivity contribution in [1.29, 1.82) is 0 Å². The number of benzene rings is 1. The molecule has 0 aliphatic carbocycles. The van der Waals surface area contributed by atoms with Crippen molar-refractivity contribution in [3.05, 3.63) is 84.2 Å². The topological polar surface area (TPSA) is 49.6 Å². The number of piperazine rings is 1. The molecule has 4 heterocycles. The summed E-state index contributed by atoms with van der Waals surface area (Å²) < 4.78 is 15.1. The summed E-state index contributed by atoms with van der Waals surface area (Å²) in [7, 11) is 2.14. The highest BCUT2D eigenvalue weighted by atomic mass is 19.1. The Morgan fingerprint density at radius 1 is 0.967 bits per heavy atom. The van der Waals surface area contributed by atoms with Crippen molar-refractivity contribution < 1.29 is 4.39 Å². The summed E-state index contributed by atoms with van der Waals surface area (Å²) in [5.74, 6) is -0.198. The number of halogens is 1. The van der Waals surface area contributed by atoms with Crippen LogP contribution in [0.5, 0.6) is 0 Å². The number of pyridine rings is 2. The number of hydrogen-bond donors (Lipinski definition) is 0. The minimum Gasteiger partial charge on any atom is -0.296 e. The Balaban J connectivity index is 1.39. The fourth-order valence-electron chi connectivity index (χ4n) is 4.08. The van der Waals surface area contributed by atoms with Crippen LogP contribution in [0.4, 0.5) is 4.39 Å². The lowest BCUT2D eigenvalue weighted by atomic mass is 10.1. The zero-order chi connectivity index (χ0) is 20.5. The molecule has 1 aliphatic rings. The van der Waals surface area contributed by atoms with Gasteiger partial charge in [-0.3, -0.25) is 14.8 Å². The van der Waals surface area contributed by atoms with E-state index < -0.39 is 0 Å². The molecule has 0 N–H and O–H groups in total. The summed E-state index contributed by atoms with van der Waals surface area (Å²) in [6.45, 7) is 3.57. The van der Waals surface area contributed by atoms with Gasteiger partial charge in [-0.15, -0.1) is 5.10 Å². The van der Waals surface area contributed by atoms with E-state index in [0.717, 1.165) is 54.1 Å². The van der Waals surface area contributed by atoms with Gasteiger partial charge in [-0.25, -0.2) is 8.91 Å². The lowest BCUT2D eigenvalue weighted by Gasteiger charge is -2.38. The second-order valence-corrected chi connectivity index (χ2v) is 7.82. The Kier molecular flexibility index (Phi) is 4.98. The van der Waals surface area contributed by atoms with Crippen molar-refractivity contribution in [2.24, 2.45) is 0 Å². The van der Waals surface area contributed by atoms with E-state index >= 15 is 0 Å². The lowest BCUT2D eigenvalue weighted by Crippen LogP contribution is -2.46. The molecular formula is C23H23FN6. The molecule has 1 saturated heterocycles. The third-order valence-electron chi connectivity index (χ3n) is 5.82. The van der Waals surface area contributed by atoms with Crippen molar-refractivity contribution >= 4 is 5.52 Å². The molecule has 5 rings (SSSR count). The first-order valence-electron chi connectivity index (χ1n) is 10.1. The molecule has 1 aromatic carbocycles. The number of fused-ring (bicyclic) bond motifs is 1. The van der Waals surface area contributed by atoms with Crippen LogP contribution in [0, 0.1) is 5.82 Å². The quantitative estimate of drug-likeness (QED) is 0.524. The first kappa shape index (κ1) is 18.8. The number of rotatable bonds is 4. The number of likely N-dealkylation sites (N-methyl/N-ethyl adjacent to an activating group) is 1. The van der Waals surface area contributed by atoms with Crippen molar-refractivity contribution in [2.75, 3.05) is 26.7 Å². The molecule has 0 bridgehead atoms. The van der Waals surface area contributed by atoms with Gasteiger partial charge < -0.3 is 0 Å². The highest BCUT2D eigenvalue weighted by Gasteiger charge is 2.29. The highest BCUT2D eigenvalue weighted by Crippen LogP contribution is 2.28. The summed E-state index contributed by atoms with van der Waals surface area (Å²) in [5, 5.41) is 8.94. The Labute approximate surface area is 174 Å². The van der Waals surface area contributed by atoms with E-state index in [4.69, 9.17) is 0 Å². The maximum Gasteiger partial charge on any atom is 0.123 e. The first-order valence-corrected chi connectivity index (χ1v) is 10.1. The van der Waals surface area contributed by atoms with E-state index in [-0.39, 0.29) is 11.9 Å². The van der Waals surface area contributed by atoms with Crippen molar-refractivity contribution in [3.8, 4) is 11.1 Å². The average Bonchev–Trinajstić information content (AvgIpc) is 3.20. The van der Waals surface area contributed by atoms with Gasteiger partial charge in [0.15, 0.2) is 0 Å². The zero-order valence-electron chi connectivity index (χ0n) is 16.8. The summed E-state index contributed by atoms with van der Waals surface area (Å²) in [6, 6.07) is 15.1. The second-order valence-electron chi connectivity index (χ2n) is 7.82. The van der Waals surface area contributed by atoms with Gasteiger partial charge in [0.2, 0.25) is 0 Å². The molecule has 0 radical (unpaired) electrons. The molecular weight excluding hydrogens is 379 g/mol. The Morgan fingerprint density at radius 3 is 2.57 bits per heavy atom. The smallest absolute Gasteiger partial charge is 0.123 e. The van der Waals surface area contributed by atoms with E-state index in [1.54, 1.807) is 12.4 Å². The van der Waals surface area contributed by atoms with Crippen LogP contribution in [-0.2, 0) is 6.54 Å². The van der Waals surface area contributed by atoms with Gasteiger partial charge in [-0.1, -0.05) is 23.4 Å². The lowest BCUT2D eigenvalue weighted by molar-refractivity contribution is 0.0889. The number of aromatic nitrogens is 4. The molecule has 1 aliphatic heterocycles. The molecule has 0 unspecified atom stereocenters. The van der Waals surface area contributed by atoms with Crippen LogP contribution in [0.1, 0.15) is 17.3 Å². The summed E-state index contributed by atoms with van der Waals surface area (Å²) in [5.41, 5.74) is 5.31. The van der Waals surface area contributed by atoms with Gasteiger partial charge in [-0.05, 0) is 48.5 Å². The SMILES string of the molecule is CN1CCN(Cc2ccc(F)cc2)C[C@@H]1c1nnn2cc(-c3ccncc3)ccc12. The van der Waals surface area contributed by atoms with E-state index in [9.17, 15) is 4.39 Å². The van der Waals surface area contributed by atoms with Crippen LogP contribution in [0.25, 0.3) is 16.6 Å². The molecule has 7 heteroatoms. The minimum absolute atomic E-state index is 0.156. The van der Waals surface area contributed by atoms with Crippen LogP contribution in [-0.4, -0.2) is 56.3 Å². The van der Waals surface area contributed by atoms with Crippen LogP contribution < -0.4 is 0 Å². The van der Waals surface area contributed by atoms with Gasteiger partial charge in [0.1, 0.15) is 11.5 Å². The number of hydrogen-bond acceptors (Lipinski definition) is 5. The van der Waals surface area contributed by atoms with Crippen LogP contribution in [0.15, 0.2) is 67.1 Å². The van der Waals surface area contributed by atoms with E-state index in [2.05, 4.69) is 44.3 Å². The van der Waals surface area contributed by atoms with Crippen molar-refractivity contribution in [2.45, 2.75) is 12.6 Å². The van der Waals surface area contributed by atoms with Gasteiger partial charge in [-0.2, -0.15) is 0 Å². The van der Waals surface area contributed by atoms with Gasteiger partial charge in [0.05, 0.1) is 11.6 Å². The maximum absolute atomic E-state index is 13.2. The predicted octanol–water partition coefficient (Wildman–Crippen LogP) is 3.42. The normalized spacial score (nSPS) is 18.1. The standard InChI is InChI=1S/C23H23FN6/c1-28-12-13-29(14-17-2-5-20(24)6-3-17)16-22(28)23-21-7-4-19(15-30(21)27-26-23)18-8-10-25-11-9-18/h2-11,15,22H,12-14,16H2,1H3/t22-/m1/s1. The first-order chi connectivity index (χ1) is 14.7. The Hall–Kier alpha value is -3.16. The van der Waals surface area contributed by atoms with Gasteiger partial charge in [0.25, 0.3) is 0 Å². The van der Waals surface area contributed by atoms with Crippen molar-refractivity contribution in [3.63, 3.8) is 0 Å². The molecule has 0 spiro atoms. The third kappa shape index (κ3) is 3.69. The van der Waals surface area contributed by atoms with Crippen LogP contribution in [0.3, 0.4) is 0 Å². The van der Waals surface area contributed by atoms with Crippen LogP contribution >= 0.6 is 0 Å².